The van der Waals surface area contributed by atoms with Gasteiger partial charge in [0.1, 0.15) is 4.21 Å². The summed E-state index contributed by atoms with van der Waals surface area (Å²) in [6, 6.07) is 1.56. The molecule has 0 saturated carbocycles. The van der Waals surface area contributed by atoms with Gasteiger partial charge in [0, 0.05) is 31.6 Å². The van der Waals surface area contributed by atoms with Crippen molar-refractivity contribution in [2.75, 3.05) is 26.2 Å². The van der Waals surface area contributed by atoms with Crippen molar-refractivity contribution in [1.82, 2.24) is 19.4 Å². The summed E-state index contributed by atoms with van der Waals surface area (Å²) in [6.45, 7) is 2.52. The molecule has 4 rings (SSSR count). The topological polar surface area (TPSA) is 96.6 Å². The summed E-state index contributed by atoms with van der Waals surface area (Å²) >= 11 is 1.14. The molecule has 0 bridgehead atoms. The van der Waals surface area contributed by atoms with Gasteiger partial charge in [-0.15, -0.1) is 21.5 Å². The van der Waals surface area contributed by atoms with E-state index in [1.807, 2.05) is 0 Å². The predicted molar refractivity (Wildman–Crippen MR) is 100.0 cm³/mol. The van der Waals surface area contributed by atoms with Crippen molar-refractivity contribution in [1.29, 1.82) is 0 Å². The summed E-state index contributed by atoms with van der Waals surface area (Å²) in [5, 5.41) is 9.47. The second kappa shape index (κ2) is 7.69. The first kappa shape index (κ1) is 18.6. The summed E-state index contributed by atoms with van der Waals surface area (Å²) in [5.74, 6) is -0.139. The highest BCUT2D eigenvalue weighted by Gasteiger charge is 2.28. The summed E-state index contributed by atoms with van der Waals surface area (Å²) in [5.41, 5.74) is 0.529. The van der Waals surface area contributed by atoms with Crippen LogP contribution in [0, 0.1) is 0 Å². The summed E-state index contributed by atoms with van der Waals surface area (Å²) in [7, 11) is -3.51. The molecule has 0 aliphatic carbocycles. The average Bonchev–Trinajstić information content (AvgIpc) is 3.39. The van der Waals surface area contributed by atoms with E-state index >= 15 is 0 Å². The zero-order valence-electron chi connectivity index (χ0n) is 15.0. The van der Waals surface area contributed by atoms with Crippen LogP contribution in [-0.2, 0) is 10.0 Å². The van der Waals surface area contributed by atoms with E-state index in [0.29, 0.717) is 31.7 Å². The second-order valence-corrected chi connectivity index (χ2v) is 9.96. The number of thiophene rings is 1. The van der Waals surface area contributed by atoms with Gasteiger partial charge in [-0.1, -0.05) is 12.8 Å². The van der Waals surface area contributed by atoms with Gasteiger partial charge in [-0.2, -0.15) is 4.31 Å². The van der Waals surface area contributed by atoms with Gasteiger partial charge >= 0.3 is 11.8 Å². The Morgan fingerprint density at radius 2 is 1.67 bits per heavy atom. The Balaban J connectivity index is 1.53. The van der Waals surface area contributed by atoms with Crippen LogP contribution in [0.15, 0.2) is 20.1 Å². The number of hydrogen-bond acceptors (Lipinski definition) is 7. The smallest absolute Gasteiger partial charge is 0.311 e. The lowest BCUT2D eigenvalue weighted by Gasteiger charge is -2.18. The van der Waals surface area contributed by atoms with Gasteiger partial charge in [0.2, 0.25) is 5.89 Å². The quantitative estimate of drug-likeness (QED) is 0.769. The van der Waals surface area contributed by atoms with Gasteiger partial charge in [-0.05, 0) is 31.7 Å². The minimum Gasteiger partial charge on any atom is -0.412 e. The van der Waals surface area contributed by atoms with E-state index in [-0.39, 0.29) is 21.9 Å². The number of likely N-dealkylation sites (tertiary alicyclic amines) is 1. The predicted octanol–water partition coefficient (Wildman–Crippen LogP) is 2.60. The lowest BCUT2D eigenvalue weighted by atomic mass is 10.2. The Labute approximate surface area is 162 Å². The number of aromatic nitrogens is 2. The van der Waals surface area contributed by atoms with Crippen LogP contribution in [0.2, 0.25) is 0 Å². The van der Waals surface area contributed by atoms with Crippen LogP contribution in [0.1, 0.15) is 49.2 Å². The fourth-order valence-electron chi connectivity index (χ4n) is 3.46. The molecule has 0 atom stereocenters. The molecule has 1 amide bonds. The fraction of sp³-hybridized carbons (Fsp3) is 0.588. The van der Waals surface area contributed by atoms with Gasteiger partial charge in [-0.25, -0.2) is 8.42 Å². The third-order valence-electron chi connectivity index (χ3n) is 4.98. The monoisotopic (exact) mass is 410 g/mol. The molecule has 2 aliphatic heterocycles. The van der Waals surface area contributed by atoms with E-state index in [0.717, 1.165) is 49.9 Å². The Morgan fingerprint density at radius 1 is 1.00 bits per heavy atom. The van der Waals surface area contributed by atoms with Crippen molar-refractivity contribution in [3.63, 3.8) is 0 Å². The first-order valence-corrected chi connectivity index (χ1v) is 11.6. The van der Waals surface area contributed by atoms with Crippen LogP contribution in [-0.4, -0.2) is 59.9 Å². The van der Waals surface area contributed by atoms with Gasteiger partial charge in [0.15, 0.2) is 0 Å². The molecule has 2 saturated heterocycles. The maximum Gasteiger partial charge on any atom is 0.311 e. The zero-order chi connectivity index (χ0) is 18.9. The molecule has 146 valence electrons. The molecule has 10 heteroatoms. The summed E-state index contributed by atoms with van der Waals surface area (Å²) in [6.07, 6.45) is 5.88. The number of rotatable bonds is 4. The van der Waals surface area contributed by atoms with Crippen molar-refractivity contribution in [2.45, 2.75) is 42.7 Å². The van der Waals surface area contributed by atoms with Crippen LogP contribution < -0.4 is 0 Å². The zero-order valence-corrected chi connectivity index (χ0v) is 16.6. The number of amides is 1. The molecule has 0 N–H and O–H groups in total. The largest absolute Gasteiger partial charge is 0.412 e. The molecule has 2 fully saturated rings. The van der Waals surface area contributed by atoms with Crippen LogP contribution in [0.25, 0.3) is 11.5 Å². The number of nitrogens with zero attached hydrogens (tertiary/aromatic N) is 4. The van der Waals surface area contributed by atoms with E-state index in [1.54, 1.807) is 20.7 Å². The van der Waals surface area contributed by atoms with Crippen LogP contribution in [0.3, 0.4) is 0 Å². The number of carbonyl (C=O) groups is 1. The minimum absolute atomic E-state index is 0.0463. The molecule has 2 aromatic rings. The van der Waals surface area contributed by atoms with Crippen molar-refractivity contribution >= 4 is 27.3 Å². The van der Waals surface area contributed by atoms with Crippen molar-refractivity contribution in [2.24, 2.45) is 0 Å². The van der Waals surface area contributed by atoms with E-state index in [4.69, 9.17) is 4.42 Å². The Kier molecular flexibility index (Phi) is 5.29. The lowest BCUT2D eigenvalue weighted by molar-refractivity contribution is 0.0754. The van der Waals surface area contributed by atoms with E-state index in [2.05, 4.69) is 10.2 Å². The van der Waals surface area contributed by atoms with Gasteiger partial charge in [0.05, 0.1) is 5.56 Å². The number of carbonyl (C=O) groups excluding carboxylic acids is 1. The molecule has 0 unspecified atom stereocenters. The summed E-state index contributed by atoms with van der Waals surface area (Å²) in [4.78, 5) is 14.0. The molecule has 0 spiro atoms. The van der Waals surface area contributed by atoms with Crippen molar-refractivity contribution in [3.05, 3.63) is 17.3 Å². The standard InChI is InChI=1S/C17H22N4O4S2/c22-17(20-7-5-6-8-20)16-19-18-15(25-16)13-11-14(26-12-13)27(23,24)21-9-3-1-2-4-10-21/h11-12H,1-10H2. The fourth-order valence-corrected chi connectivity index (χ4v) is 6.28. The maximum absolute atomic E-state index is 12.9. The molecule has 0 aromatic carbocycles. The molecule has 0 radical (unpaired) electrons. The van der Waals surface area contributed by atoms with Crippen LogP contribution in [0.5, 0.6) is 0 Å². The Morgan fingerprint density at radius 3 is 2.37 bits per heavy atom. The first-order valence-electron chi connectivity index (χ1n) is 9.27. The first-order chi connectivity index (χ1) is 13.1. The maximum atomic E-state index is 12.9. The lowest BCUT2D eigenvalue weighted by Crippen LogP contribution is -2.31. The molecular weight excluding hydrogens is 388 g/mol. The van der Waals surface area contributed by atoms with Gasteiger partial charge in [-0.3, -0.25) is 4.79 Å². The molecule has 2 aromatic heterocycles. The van der Waals surface area contributed by atoms with E-state index < -0.39 is 10.0 Å². The van der Waals surface area contributed by atoms with Crippen molar-refractivity contribution < 1.29 is 17.6 Å². The van der Waals surface area contributed by atoms with E-state index in [1.165, 1.54) is 0 Å². The third-order valence-corrected chi connectivity index (χ3v) is 8.30. The highest BCUT2D eigenvalue weighted by molar-refractivity contribution is 7.91. The average molecular weight is 411 g/mol. The number of sulfonamides is 1. The molecule has 8 nitrogen and oxygen atoms in total. The highest BCUT2D eigenvalue weighted by Crippen LogP contribution is 2.31. The number of hydrogen-bond donors (Lipinski definition) is 0. The Hall–Kier alpha value is -1.78. The van der Waals surface area contributed by atoms with Gasteiger partial charge < -0.3 is 9.32 Å². The Bertz CT molecular complexity index is 907. The summed E-state index contributed by atoms with van der Waals surface area (Å²) < 4.78 is 33.1. The molecule has 2 aliphatic rings. The molecule has 4 heterocycles. The molecular formula is C17H22N4O4S2. The normalized spacial score (nSPS) is 19.3. The van der Waals surface area contributed by atoms with E-state index in [9.17, 15) is 13.2 Å². The molecule has 27 heavy (non-hydrogen) atoms. The second-order valence-electron chi connectivity index (χ2n) is 6.88. The van der Waals surface area contributed by atoms with Crippen molar-refractivity contribution in [3.8, 4) is 11.5 Å². The van der Waals surface area contributed by atoms with Crippen LogP contribution in [0.4, 0.5) is 0 Å². The van der Waals surface area contributed by atoms with Crippen LogP contribution >= 0.6 is 11.3 Å². The highest BCUT2D eigenvalue weighted by atomic mass is 32.2. The van der Waals surface area contributed by atoms with Gasteiger partial charge in [0.25, 0.3) is 10.0 Å². The minimum atomic E-state index is -3.51. The SMILES string of the molecule is O=C(c1nnc(-c2csc(S(=O)(=O)N3CCCCCC3)c2)o1)N1CCCC1. The third kappa shape index (κ3) is 3.78.